The Bertz CT molecular complexity index is 351. The van der Waals surface area contributed by atoms with Crippen molar-refractivity contribution in [1.29, 1.82) is 0 Å². The number of ether oxygens (including phenoxy) is 2. The fraction of sp³-hybridized carbons (Fsp3) is 0.643. The first-order valence-corrected chi connectivity index (χ1v) is 6.44. The molecule has 2 unspecified atom stereocenters. The minimum atomic E-state index is 0.128. The van der Waals surface area contributed by atoms with Crippen LogP contribution in [-0.2, 0) is 4.74 Å². The van der Waals surface area contributed by atoms with E-state index in [2.05, 4.69) is 17.2 Å². The summed E-state index contributed by atoms with van der Waals surface area (Å²) in [7, 11) is 3.67. The predicted octanol–water partition coefficient (Wildman–Crippen LogP) is 2.55. The lowest BCUT2D eigenvalue weighted by Gasteiger charge is -2.25. The van der Waals surface area contributed by atoms with Gasteiger partial charge in [-0.05, 0) is 38.9 Å². The van der Waals surface area contributed by atoms with Crippen molar-refractivity contribution in [2.24, 2.45) is 0 Å². The van der Waals surface area contributed by atoms with Crippen molar-refractivity contribution in [2.45, 2.75) is 45.4 Å². The summed E-state index contributed by atoms with van der Waals surface area (Å²) in [6, 6.07) is 2.15. The first kappa shape index (κ1) is 14.9. The molecule has 0 bridgehead atoms. The third-order valence-corrected chi connectivity index (χ3v) is 2.85. The lowest BCUT2D eigenvalue weighted by molar-refractivity contribution is 0.0673. The van der Waals surface area contributed by atoms with Crippen molar-refractivity contribution in [3.63, 3.8) is 0 Å². The molecule has 1 aromatic heterocycles. The summed E-state index contributed by atoms with van der Waals surface area (Å²) in [6.45, 7) is 6.12. The van der Waals surface area contributed by atoms with Crippen molar-refractivity contribution < 1.29 is 9.47 Å². The molecule has 0 radical (unpaired) electrons. The standard InChI is InChI=1S/C14H24N2O2/c1-6-13(17-5)14(15-4)11-7-12(9-16-8-11)18-10(2)3/h7-10,13-15H,6H2,1-5H3. The van der Waals surface area contributed by atoms with Crippen LogP contribution in [0.5, 0.6) is 5.75 Å². The maximum absolute atomic E-state index is 5.67. The van der Waals surface area contributed by atoms with Crippen LogP contribution in [0.25, 0.3) is 0 Å². The Morgan fingerprint density at radius 3 is 2.56 bits per heavy atom. The highest BCUT2D eigenvalue weighted by Gasteiger charge is 2.20. The molecule has 1 heterocycles. The maximum Gasteiger partial charge on any atom is 0.138 e. The van der Waals surface area contributed by atoms with Gasteiger partial charge in [0, 0.05) is 13.3 Å². The Labute approximate surface area is 110 Å². The van der Waals surface area contributed by atoms with Gasteiger partial charge in [0.1, 0.15) is 5.75 Å². The largest absolute Gasteiger partial charge is 0.489 e. The molecule has 0 aliphatic carbocycles. The molecule has 0 aromatic carbocycles. The Hall–Kier alpha value is -1.13. The third-order valence-electron chi connectivity index (χ3n) is 2.85. The molecule has 4 nitrogen and oxygen atoms in total. The van der Waals surface area contributed by atoms with Crippen molar-refractivity contribution in [2.75, 3.05) is 14.2 Å². The number of nitrogens with zero attached hydrogens (tertiary/aromatic N) is 1. The van der Waals surface area contributed by atoms with Gasteiger partial charge in [0.05, 0.1) is 24.4 Å². The zero-order valence-electron chi connectivity index (χ0n) is 11.9. The highest BCUT2D eigenvalue weighted by atomic mass is 16.5. The highest BCUT2D eigenvalue weighted by Crippen LogP contribution is 2.23. The second-order valence-electron chi connectivity index (χ2n) is 4.57. The number of hydrogen-bond acceptors (Lipinski definition) is 4. The zero-order valence-corrected chi connectivity index (χ0v) is 11.9. The molecule has 18 heavy (non-hydrogen) atoms. The Balaban J connectivity index is 2.91. The lowest BCUT2D eigenvalue weighted by atomic mass is 10.0. The third kappa shape index (κ3) is 3.96. The molecule has 0 amide bonds. The summed E-state index contributed by atoms with van der Waals surface area (Å²) in [6.07, 6.45) is 4.82. The molecule has 0 saturated carbocycles. The maximum atomic E-state index is 5.67. The number of rotatable bonds is 7. The number of hydrogen-bond donors (Lipinski definition) is 1. The van der Waals surface area contributed by atoms with Gasteiger partial charge < -0.3 is 14.8 Å². The monoisotopic (exact) mass is 252 g/mol. The van der Waals surface area contributed by atoms with Gasteiger partial charge in [-0.25, -0.2) is 0 Å². The van der Waals surface area contributed by atoms with E-state index in [1.165, 1.54) is 0 Å². The van der Waals surface area contributed by atoms with Crippen molar-refractivity contribution >= 4 is 0 Å². The van der Waals surface area contributed by atoms with Gasteiger partial charge in [0.15, 0.2) is 0 Å². The number of pyridine rings is 1. The average molecular weight is 252 g/mol. The van der Waals surface area contributed by atoms with Gasteiger partial charge in [-0.2, -0.15) is 0 Å². The summed E-state index contributed by atoms with van der Waals surface area (Å²) in [5.74, 6) is 0.800. The summed E-state index contributed by atoms with van der Waals surface area (Å²) in [5.41, 5.74) is 1.09. The molecule has 1 N–H and O–H groups in total. The SMILES string of the molecule is CCC(OC)C(NC)c1cncc(OC(C)C)c1. The van der Waals surface area contributed by atoms with Gasteiger partial charge in [0.25, 0.3) is 0 Å². The fourth-order valence-electron chi connectivity index (χ4n) is 2.05. The van der Waals surface area contributed by atoms with E-state index in [1.807, 2.05) is 33.2 Å². The van der Waals surface area contributed by atoms with Crippen LogP contribution in [0.3, 0.4) is 0 Å². The molecule has 1 rings (SSSR count). The smallest absolute Gasteiger partial charge is 0.138 e. The van der Waals surface area contributed by atoms with Gasteiger partial charge >= 0.3 is 0 Å². The van der Waals surface area contributed by atoms with Crippen LogP contribution in [-0.4, -0.2) is 31.3 Å². The zero-order chi connectivity index (χ0) is 13.5. The molecule has 0 fully saturated rings. The number of methoxy groups -OCH3 is 1. The Morgan fingerprint density at radius 2 is 2.06 bits per heavy atom. The number of nitrogens with one attached hydrogen (secondary N) is 1. The molecule has 0 saturated heterocycles. The minimum Gasteiger partial charge on any atom is -0.489 e. The number of likely N-dealkylation sites (N-methyl/N-ethyl adjacent to an activating group) is 1. The van der Waals surface area contributed by atoms with Crippen LogP contribution in [0.1, 0.15) is 38.8 Å². The molecule has 0 aliphatic rings. The van der Waals surface area contributed by atoms with E-state index in [1.54, 1.807) is 13.3 Å². The molecule has 1 aromatic rings. The van der Waals surface area contributed by atoms with Gasteiger partial charge in [-0.1, -0.05) is 6.92 Å². The average Bonchev–Trinajstić information content (AvgIpc) is 2.35. The van der Waals surface area contributed by atoms with Crippen molar-refractivity contribution in [3.05, 3.63) is 24.0 Å². The summed E-state index contributed by atoms with van der Waals surface area (Å²) < 4.78 is 11.2. The van der Waals surface area contributed by atoms with E-state index < -0.39 is 0 Å². The van der Waals surface area contributed by atoms with Crippen LogP contribution in [0.2, 0.25) is 0 Å². The topological polar surface area (TPSA) is 43.4 Å². The second kappa shape index (κ2) is 7.34. The summed E-state index contributed by atoms with van der Waals surface area (Å²) in [4.78, 5) is 4.24. The van der Waals surface area contributed by atoms with Crippen LogP contribution in [0.4, 0.5) is 0 Å². The van der Waals surface area contributed by atoms with Crippen LogP contribution in [0.15, 0.2) is 18.5 Å². The van der Waals surface area contributed by atoms with Gasteiger partial charge in [-0.3, -0.25) is 4.98 Å². The lowest BCUT2D eigenvalue weighted by Crippen LogP contribution is -2.30. The molecule has 4 heteroatoms. The first-order chi connectivity index (χ1) is 8.62. The summed E-state index contributed by atoms with van der Waals surface area (Å²) >= 11 is 0. The van der Waals surface area contributed by atoms with Crippen molar-refractivity contribution in [1.82, 2.24) is 10.3 Å². The first-order valence-electron chi connectivity index (χ1n) is 6.44. The fourth-order valence-corrected chi connectivity index (χ4v) is 2.05. The van der Waals surface area contributed by atoms with Crippen molar-refractivity contribution in [3.8, 4) is 5.75 Å². The normalized spacial score (nSPS) is 14.6. The van der Waals surface area contributed by atoms with E-state index in [0.717, 1.165) is 17.7 Å². The quantitative estimate of drug-likeness (QED) is 0.810. The van der Waals surface area contributed by atoms with Gasteiger partial charge in [-0.15, -0.1) is 0 Å². The predicted molar refractivity (Wildman–Crippen MR) is 72.9 cm³/mol. The molecule has 2 atom stereocenters. The minimum absolute atomic E-state index is 0.128. The Morgan fingerprint density at radius 1 is 1.33 bits per heavy atom. The van der Waals surface area contributed by atoms with Crippen LogP contribution >= 0.6 is 0 Å². The van der Waals surface area contributed by atoms with E-state index >= 15 is 0 Å². The van der Waals surface area contributed by atoms with Crippen LogP contribution < -0.4 is 10.1 Å². The van der Waals surface area contributed by atoms with E-state index in [9.17, 15) is 0 Å². The summed E-state index contributed by atoms with van der Waals surface area (Å²) in [5, 5.41) is 3.28. The second-order valence-corrected chi connectivity index (χ2v) is 4.57. The molecular formula is C14H24N2O2. The Kier molecular flexibility index (Phi) is 6.09. The molecule has 0 spiro atoms. The van der Waals surface area contributed by atoms with Crippen LogP contribution in [0, 0.1) is 0 Å². The number of aromatic nitrogens is 1. The van der Waals surface area contributed by atoms with E-state index in [4.69, 9.17) is 9.47 Å². The van der Waals surface area contributed by atoms with E-state index in [0.29, 0.717) is 0 Å². The van der Waals surface area contributed by atoms with E-state index in [-0.39, 0.29) is 18.2 Å². The molecule has 102 valence electrons. The molecular weight excluding hydrogens is 228 g/mol. The molecule has 0 aliphatic heterocycles. The highest BCUT2D eigenvalue weighted by molar-refractivity contribution is 5.27. The van der Waals surface area contributed by atoms with Gasteiger partial charge in [0.2, 0.25) is 0 Å².